The van der Waals surface area contributed by atoms with Crippen molar-refractivity contribution in [3.63, 3.8) is 0 Å². The molecule has 78 valence electrons. The molecule has 0 saturated heterocycles. The zero-order valence-corrected chi connectivity index (χ0v) is 10.1. The van der Waals surface area contributed by atoms with Gasteiger partial charge in [-0.25, -0.2) is 0 Å². The molecule has 0 spiro atoms. The third kappa shape index (κ3) is 3.43. The highest BCUT2D eigenvalue weighted by atomic mass is 35.5. The zero-order chi connectivity index (χ0) is 10.6. The van der Waals surface area contributed by atoms with Crippen molar-refractivity contribution in [3.8, 4) is 5.75 Å². The number of ether oxygens (including phenoxy) is 1. The van der Waals surface area contributed by atoms with Crippen molar-refractivity contribution in [2.45, 2.75) is 13.8 Å². The first-order valence-corrected chi connectivity index (χ1v) is 5.64. The Morgan fingerprint density at radius 1 is 1.50 bits per heavy atom. The van der Waals surface area contributed by atoms with Gasteiger partial charge in [-0.3, -0.25) is 0 Å². The Labute approximate surface area is 95.8 Å². The highest BCUT2D eigenvalue weighted by Gasteiger charge is 2.04. The predicted molar refractivity (Wildman–Crippen MR) is 64.7 cm³/mol. The molecule has 0 radical (unpaired) electrons. The van der Waals surface area contributed by atoms with Crippen LogP contribution < -0.4 is 4.74 Å². The molecular formula is C11H15ClOS. The van der Waals surface area contributed by atoms with Crippen LogP contribution in [-0.4, -0.2) is 12.4 Å². The van der Waals surface area contributed by atoms with E-state index in [1.807, 2.05) is 25.1 Å². The van der Waals surface area contributed by atoms with Crippen molar-refractivity contribution in [3.05, 3.63) is 28.8 Å². The molecule has 1 rings (SSSR count). The second kappa shape index (κ2) is 5.52. The Hall–Kier alpha value is -0.340. The van der Waals surface area contributed by atoms with Gasteiger partial charge in [-0.2, -0.15) is 12.6 Å². The van der Waals surface area contributed by atoms with Crippen molar-refractivity contribution in [2.24, 2.45) is 5.92 Å². The molecule has 1 aromatic carbocycles. The topological polar surface area (TPSA) is 9.23 Å². The summed E-state index contributed by atoms with van der Waals surface area (Å²) in [4.78, 5) is 0. The third-order valence-corrected chi connectivity index (χ3v) is 2.86. The number of thiol groups is 1. The number of rotatable bonds is 4. The highest BCUT2D eigenvalue weighted by Crippen LogP contribution is 2.25. The Balaban J connectivity index is 2.62. The van der Waals surface area contributed by atoms with E-state index in [1.54, 1.807) is 0 Å². The Bertz CT molecular complexity index is 301. The summed E-state index contributed by atoms with van der Waals surface area (Å²) in [6.07, 6.45) is 0. The molecule has 0 N–H and O–H groups in total. The second-order valence-electron chi connectivity index (χ2n) is 3.53. The van der Waals surface area contributed by atoms with Gasteiger partial charge in [0.25, 0.3) is 0 Å². The van der Waals surface area contributed by atoms with Crippen LogP contribution in [0, 0.1) is 12.8 Å². The van der Waals surface area contributed by atoms with E-state index in [9.17, 15) is 0 Å². The van der Waals surface area contributed by atoms with Crippen molar-refractivity contribution in [1.29, 1.82) is 0 Å². The van der Waals surface area contributed by atoms with E-state index in [0.29, 0.717) is 17.5 Å². The highest BCUT2D eigenvalue weighted by molar-refractivity contribution is 7.80. The standard InChI is InChI=1S/C11H15ClOS/c1-8-3-4-10(12)11(5-8)13-6-9(2)7-14/h3-5,9,14H,6-7H2,1-2H3. The van der Waals surface area contributed by atoms with Gasteiger partial charge in [-0.1, -0.05) is 24.6 Å². The summed E-state index contributed by atoms with van der Waals surface area (Å²) in [5.41, 5.74) is 1.16. The lowest BCUT2D eigenvalue weighted by Gasteiger charge is -2.12. The van der Waals surface area contributed by atoms with Crippen LogP contribution in [0.1, 0.15) is 12.5 Å². The van der Waals surface area contributed by atoms with E-state index in [0.717, 1.165) is 17.1 Å². The van der Waals surface area contributed by atoms with Crippen molar-refractivity contribution in [1.82, 2.24) is 0 Å². The largest absolute Gasteiger partial charge is 0.492 e. The lowest BCUT2D eigenvalue weighted by Crippen LogP contribution is -2.09. The summed E-state index contributed by atoms with van der Waals surface area (Å²) in [6.45, 7) is 4.77. The Morgan fingerprint density at radius 2 is 2.21 bits per heavy atom. The molecule has 1 unspecified atom stereocenters. The minimum atomic E-state index is 0.440. The maximum absolute atomic E-state index is 5.98. The molecule has 1 nitrogen and oxygen atoms in total. The molecule has 0 aliphatic carbocycles. The van der Waals surface area contributed by atoms with E-state index >= 15 is 0 Å². The molecule has 0 amide bonds. The van der Waals surface area contributed by atoms with Crippen LogP contribution in [0.2, 0.25) is 5.02 Å². The molecule has 0 heterocycles. The molecule has 0 bridgehead atoms. The summed E-state index contributed by atoms with van der Waals surface area (Å²) in [5.74, 6) is 2.03. The number of benzene rings is 1. The minimum Gasteiger partial charge on any atom is -0.492 e. The number of hydrogen-bond donors (Lipinski definition) is 1. The number of aryl methyl sites for hydroxylation is 1. The van der Waals surface area contributed by atoms with E-state index < -0.39 is 0 Å². The summed E-state index contributed by atoms with van der Waals surface area (Å²) < 4.78 is 5.59. The van der Waals surface area contributed by atoms with Gasteiger partial charge >= 0.3 is 0 Å². The van der Waals surface area contributed by atoms with Gasteiger partial charge in [0.15, 0.2) is 0 Å². The van der Waals surface area contributed by atoms with Crippen LogP contribution in [0.15, 0.2) is 18.2 Å². The Morgan fingerprint density at radius 3 is 2.86 bits per heavy atom. The summed E-state index contributed by atoms with van der Waals surface area (Å²) >= 11 is 10.2. The molecule has 0 aliphatic rings. The lowest BCUT2D eigenvalue weighted by atomic mass is 10.2. The average molecular weight is 231 g/mol. The molecule has 1 atom stereocenters. The van der Waals surface area contributed by atoms with Gasteiger partial charge in [-0.15, -0.1) is 0 Å². The Kier molecular flexibility index (Phi) is 4.63. The van der Waals surface area contributed by atoms with Gasteiger partial charge in [-0.05, 0) is 36.3 Å². The van der Waals surface area contributed by atoms with Crippen LogP contribution in [0.4, 0.5) is 0 Å². The fourth-order valence-corrected chi connectivity index (χ4v) is 1.28. The third-order valence-electron chi connectivity index (χ3n) is 1.92. The van der Waals surface area contributed by atoms with E-state index in [1.165, 1.54) is 0 Å². The van der Waals surface area contributed by atoms with Crippen molar-refractivity contribution in [2.75, 3.05) is 12.4 Å². The average Bonchev–Trinajstić information content (AvgIpc) is 2.19. The van der Waals surface area contributed by atoms with Crippen LogP contribution in [0.5, 0.6) is 5.75 Å². The summed E-state index contributed by atoms with van der Waals surface area (Å²) in [6, 6.07) is 5.78. The van der Waals surface area contributed by atoms with E-state index in [-0.39, 0.29) is 0 Å². The second-order valence-corrected chi connectivity index (χ2v) is 4.30. The molecular weight excluding hydrogens is 216 g/mol. The predicted octanol–water partition coefficient (Wildman–Crippen LogP) is 3.59. The number of hydrogen-bond acceptors (Lipinski definition) is 2. The quantitative estimate of drug-likeness (QED) is 0.778. The van der Waals surface area contributed by atoms with Crippen molar-refractivity contribution >= 4 is 24.2 Å². The van der Waals surface area contributed by atoms with Gasteiger partial charge in [0.05, 0.1) is 11.6 Å². The lowest BCUT2D eigenvalue weighted by molar-refractivity contribution is 0.273. The molecule has 0 fully saturated rings. The van der Waals surface area contributed by atoms with Crippen LogP contribution >= 0.6 is 24.2 Å². The smallest absolute Gasteiger partial charge is 0.138 e. The van der Waals surface area contributed by atoms with Crippen molar-refractivity contribution < 1.29 is 4.74 Å². The fourth-order valence-electron chi connectivity index (χ4n) is 1.01. The first-order valence-electron chi connectivity index (χ1n) is 4.63. The molecule has 0 aliphatic heterocycles. The molecule has 0 saturated carbocycles. The maximum Gasteiger partial charge on any atom is 0.138 e. The van der Waals surface area contributed by atoms with Gasteiger partial charge in [0.1, 0.15) is 5.75 Å². The van der Waals surface area contributed by atoms with Crippen LogP contribution in [-0.2, 0) is 0 Å². The number of halogens is 1. The first-order chi connectivity index (χ1) is 6.63. The van der Waals surface area contributed by atoms with Crippen LogP contribution in [0.3, 0.4) is 0 Å². The fraction of sp³-hybridized carbons (Fsp3) is 0.455. The SMILES string of the molecule is Cc1ccc(Cl)c(OCC(C)CS)c1. The maximum atomic E-state index is 5.98. The summed E-state index contributed by atoms with van der Waals surface area (Å²) in [5, 5.41) is 0.668. The molecule has 0 aromatic heterocycles. The van der Waals surface area contributed by atoms with E-state index in [2.05, 4.69) is 19.6 Å². The first kappa shape index (κ1) is 11.7. The van der Waals surface area contributed by atoms with Gasteiger partial charge in [0, 0.05) is 0 Å². The zero-order valence-electron chi connectivity index (χ0n) is 8.46. The van der Waals surface area contributed by atoms with E-state index in [4.69, 9.17) is 16.3 Å². The molecule has 3 heteroatoms. The summed E-state index contributed by atoms with van der Waals surface area (Å²) in [7, 11) is 0. The van der Waals surface area contributed by atoms with Crippen LogP contribution in [0.25, 0.3) is 0 Å². The normalized spacial score (nSPS) is 12.6. The monoisotopic (exact) mass is 230 g/mol. The van der Waals surface area contributed by atoms with Gasteiger partial charge < -0.3 is 4.74 Å². The molecule has 14 heavy (non-hydrogen) atoms. The minimum absolute atomic E-state index is 0.440. The molecule has 1 aromatic rings. The van der Waals surface area contributed by atoms with Gasteiger partial charge in [0.2, 0.25) is 0 Å².